The smallest absolute Gasteiger partial charge is 0.493 e. The van der Waals surface area contributed by atoms with Crippen molar-refractivity contribution in [2.75, 3.05) is 7.11 Å². The molecule has 1 rings (SSSR count). The number of benzene rings is 1. The monoisotopic (exact) mass is 272 g/mol. The molecule has 0 heterocycles. The summed E-state index contributed by atoms with van der Waals surface area (Å²) in [6.45, 7) is -3.94. The molecule has 0 aliphatic carbocycles. The molecule has 88 valence electrons. The molecule has 0 spiro atoms. The molecule has 0 saturated heterocycles. The van der Waals surface area contributed by atoms with Gasteiger partial charge in [0.2, 0.25) is 0 Å². The maximum atomic E-state index is 12.4. The van der Waals surface area contributed by atoms with E-state index in [4.69, 9.17) is 4.74 Å². The maximum Gasteiger partial charge on any atom is 1.00 e. The van der Waals surface area contributed by atoms with Gasteiger partial charge in [0.25, 0.3) is 0 Å². The Labute approximate surface area is 139 Å². The zero-order chi connectivity index (χ0) is 12.3. The molecule has 0 saturated carbocycles. The second kappa shape index (κ2) is 6.79. The van der Waals surface area contributed by atoms with Gasteiger partial charge in [0, 0.05) is 6.92 Å². The number of carbonyl (C=O) groups is 1. The number of hydrogen-bond donors (Lipinski definition) is 0. The summed E-state index contributed by atoms with van der Waals surface area (Å²) in [5.41, 5.74) is -0.798. The summed E-state index contributed by atoms with van der Waals surface area (Å²) in [6.07, 6.45) is 0. The minimum atomic E-state index is -5.09. The molecular weight excluding hydrogens is 263 g/mol. The normalized spacial score (nSPS) is 10.4. The zero-order valence-electron chi connectivity index (χ0n) is 9.67. The standard InChI is InChI=1S/C9H9BF3O3.K/c1-6(14)16-8-4-3-7(10(11,12)13)5-9(8)15-2;/h3-5H,1-2H3;/q-1;+1. The first-order valence-electron chi connectivity index (χ1n) is 4.41. The van der Waals surface area contributed by atoms with E-state index in [1.807, 2.05) is 0 Å². The molecule has 0 bridgehead atoms. The van der Waals surface area contributed by atoms with Gasteiger partial charge in [0.15, 0.2) is 11.5 Å². The van der Waals surface area contributed by atoms with Crippen molar-refractivity contribution in [3.8, 4) is 11.5 Å². The van der Waals surface area contributed by atoms with Crippen LogP contribution in [0, 0.1) is 0 Å². The van der Waals surface area contributed by atoms with Crippen LogP contribution in [0.3, 0.4) is 0 Å². The molecule has 17 heavy (non-hydrogen) atoms. The number of carbonyl (C=O) groups excluding carboxylic acids is 1. The van der Waals surface area contributed by atoms with Crippen LogP contribution in [-0.4, -0.2) is 20.1 Å². The van der Waals surface area contributed by atoms with Crippen molar-refractivity contribution in [2.24, 2.45) is 0 Å². The molecule has 1 aromatic carbocycles. The van der Waals surface area contributed by atoms with Crippen molar-refractivity contribution < 1.29 is 78.6 Å². The molecule has 0 amide bonds. The van der Waals surface area contributed by atoms with E-state index in [1.54, 1.807) is 0 Å². The molecule has 0 aliphatic heterocycles. The number of rotatable bonds is 3. The first kappa shape index (κ1) is 17.0. The Morgan fingerprint density at radius 3 is 2.24 bits per heavy atom. The SMILES string of the molecule is COc1cc([B-](F)(F)F)ccc1OC(C)=O.[K+]. The van der Waals surface area contributed by atoms with Gasteiger partial charge in [-0.25, -0.2) is 0 Å². The van der Waals surface area contributed by atoms with Gasteiger partial charge in [-0.2, -0.15) is 0 Å². The predicted molar refractivity (Wildman–Crippen MR) is 53.0 cm³/mol. The number of halogens is 3. The van der Waals surface area contributed by atoms with E-state index in [1.165, 1.54) is 7.11 Å². The third kappa shape index (κ3) is 5.01. The second-order valence-electron chi connectivity index (χ2n) is 3.08. The number of methoxy groups -OCH3 is 1. The fraction of sp³-hybridized carbons (Fsp3) is 0.222. The van der Waals surface area contributed by atoms with Crippen LogP contribution in [0.2, 0.25) is 0 Å². The average Bonchev–Trinajstić information content (AvgIpc) is 2.15. The van der Waals surface area contributed by atoms with E-state index in [9.17, 15) is 17.7 Å². The molecule has 1 aromatic rings. The first-order valence-corrected chi connectivity index (χ1v) is 4.41. The summed E-state index contributed by atoms with van der Waals surface area (Å²) in [6, 6.07) is 2.71. The third-order valence-corrected chi connectivity index (χ3v) is 1.82. The van der Waals surface area contributed by atoms with Crippen LogP contribution < -0.4 is 66.3 Å². The van der Waals surface area contributed by atoms with E-state index >= 15 is 0 Å². The van der Waals surface area contributed by atoms with Crippen molar-refractivity contribution in [1.29, 1.82) is 0 Å². The summed E-state index contributed by atoms with van der Waals surface area (Å²) < 4.78 is 46.6. The van der Waals surface area contributed by atoms with Crippen molar-refractivity contribution in [1.82, 2.24) is 0 Å². The van der Waals surface area contributed by atoms with Crippen LogP contribution in [0.4, 0.5) is 12.9 Å². The molecule has 0 atom stereocenters. The molecule has 0 fully saturated rings. The van der Waals surface area contributed by atoms with Crippen LogP contribution >= 0.6 is 0 Å². The van der Waals surface area contributed by atoms with E-state index in [0.717, 1.165) is 25.1 Å². The quantitative estimate of drug-likeness (QED) is 0.389. The number of ether oxygens (including phenoxy) is 2. The van der Waals surface area contributed by atoms with Crippen molar-refractivity contribution in [3.63, 3.8) is 0 Å². The average molecular weight is 272 g/mol. The molecular formula is C9H9BF3KO3. The van der Waals surface area contributed by atoms with E-state index in [0.29, 0.717) is 0 Å². The summed E-state index contributed by atoms with van der Waals surface area (Å²) in [7, 11) is 1.20. The van der Waals surface area contributed by atoms with E-state index in [-0.39, 0.29) is 62.9 Å². The summed E-state index contributed by atoms with van der Waals surface area (Å²) in [5, 5.41) is 0. The molecule has 0 N–H and O–H groups in total. The zero-order valence-corrected chi connectivity index (χ0v) is 12.8. The van der Waals surface area contributed by atoms with Crippen molar-refractivity contribution in [3.05, 3.63) is 18.2 Å². The minimum Gasteiger partial charge on any atom is -0.493 e. The topological polar surface area (TPSA) is 35.5 Å². The molecule has 0 unspecified atom stereocenters. The van der Waals surface area contributed by atoms with Crippen molar-refractivity contribution in [2.45, 2.75) is 6.92 Å². The Morgan fingerprint density at radius 1 is 1.24 bits per heavy atom. The van der Waals surface area contributed by atoms with Gasteiger partial charge in [-0.1, -0.05) is 6.07 Å². The van der Waals surface area contributed by atoms with Crippen LogP contribution in [0.25, 0.3) is 0 Å². The Morgan fingerprint density at radius 2 is 1.82 bits per heavy atom. The maximum absolute atomic E-state index is 12.4. The van der Waals surface area contributed by atoms with Gasteiger partial charge in [-0.3, -0.25) is 4.79 Å². The van der Waals surface area contributed by atoms with Gasteiger partial charge in [0.05, 0.1) is 7.11 Å². The van der Waals surface area contributed by atoms with Crippen LogP contribution in [-0.2, 0) is 4.79 Å². The van der Waals surface area contributed by atoms with Crippen LogP contribution in [0.15, 0.2) is 18.2 Å². The Hall–Kier alpha value is -0.0187. The second-order valence-corrected chi connectivity index (χ2v) is 3.08. The summed E-state index contributed by atoms with van der Waals surface area (Å²) in [5.74, 6) is -0.769. The number of hydrogen-bond acceptors (Lipinski definition) is 3. The fourth-order valence-corrected chi connectivity index (χ4v) is 1.13. The summed E-state index contributed by atoms with van der Waals surface area (Å²) >= 11 is 0. The molecule has 8 heteroatoms. The Bertz CT molecular complexity index is 409. The van der Waals surface area contributed by atoms with Gasteiger partial charge in [0.1, 0.15) is 0 Å². The first-order chi connectivity index (χ1) is 7.34. The molecule has 0 radical (unpaired) electrons. The summed E-state index contributed by atoms with van der Waals surface area (Å²) in [4.78, 5) is 10.7. The van der Waals surface area contributed by atoms with E-state index in [2.05, 4.69) is 4.74 Å². The number of esters is 1. The van der Waals surface area contributed by atoms with Gasteiger partial charge >= 0.3 is 64.3 Å². The van der Waals surface area contributed by atoms with Crippen molar-refractivity contribution >= 4 is 18.4 Å². The largest absolute Gasteiger partial charge is 1.00 e. The van der Waals surface area contributed by atoms with Gasteiger partial charge in [-0.15, -0.1) is 5.46 Å². The van der Waals surface area contributed by atoms with Crippen LogP contribution in [0.5, 0.6) is 11.5 Å². The molecule has 0 aliphatic rings. The van der Waals surface area contributed by atoms with Gasteiger partial charge < -0.3 is 22.4 Å². The Kier molecular flexibility index (Phi) is 6.78. The minimum absolute atomic E-state index is 0. The van der Waals surface area contributed by atoms with Crippen LogP contribution in [0.1, 0.15) is 6.92 Å². The van der Waals surface area contributed by atoms with E-state index < -0.39 is 18.4 Å². The molecule has 3 nitrogen and oxygen atoms in total. The predicted octanol–water partition coefficient (Wildman–Crippen LogP) is -1.32. The van der Waals surface area contributed by atoms with Gasteiger partial charge in [-0.05, 0) is 12.1 Å². The molecule has 0 aromatic heterocycles. The Balaban J connectivity index is 0.00000256. The fourth-order valence-electron chi connectivity index (χ4n) is 1.13. The third-order valence-electron chi connectivity index (χ3n) is 1.82.